The Hall–Kier alpha value is -0.910. The second kappa shape index (κ2) is 8.30. The van der Waals surface area contributed by atoms with Crippen molar-refractivity contribution < 1.29 is 14.7 Å². The Morgan fingerprint density at radius 2 is 2.05 bits per heavy atom. The van der Waals surface area contributed by atoms with Gasteiger partial charge in [-0.15, -0.1) is 0 Å². The molecule has 0 heterocycles. The molecule has 0 spiro atoms. The summed E-state index contributed by atoms with van der Waals surface area (Å²) in [7, 11) is 0. The molecule has 3 N–H and O–H groups in total. The smallest absolute Gasteiger partial charge is 0.315 e. The highest BCUT2D eigenvalue weighted by Gasteiger charge is 2.26. The minimum atomic E-state index is -0.883. The van der Waals surface area contributed by atoms with Gasteiger partial charge in [0.2, 0.25) is 0 Å². The van der Waals surface area contributed by atoms with Crippen LogP contribution < -0.4 is 10.6 Å². The van der Waals surface area contributed by atoms with E-state index in [1.54, 1.807) is 11.8 Å². The van der Waals surface area contributed by atoms with Crippen molar-refractivity contribution in [3.63, 3.8) is 0 Å². The fourth-order valence-electron chi connectivity index (χ4n) is 2.45. The maximum Gasteiger partial charge on any atom is 0.315 e. The number of amides is 2. The first kappa shape index (κ1) is 16.1. The standard InChI is InChI=1S/C13H24N2O3S/c1-3-9(8-12(16)17)14-13(18)15-10-6-4-5-7-11(10)19-2/h9-11H,3-8H2,1-2H3,(H,16,17)(H2,14,15,18). The highest BCUT2D eigenvalue weighted by atomic mass is 32.2. The number of hydrogen-bond donors (Lipinski definition) is 3. The Morgan fingerprint density at radius 1 is 1.37 bits per heavy atom. The lowest BCUT2D eigenvalue weighted by atomic mass is 9.95. The van der Waals surface area contributed by atoms with Gasteiger partial charge in [-0.1, -0.05) is 19.8 Å². The maximum absolute atomic E-state index is 11.9. The van der Waals surface area contributed by atoms with Crippen molar-refractivity contribution in [2.45, 2.75) is 62.8 Å². The van der Waals surface area contributed by atoms with Crippen LogP contribution in [0.1, 0.15) is 45.4 Å². The Labute approximate surface area is 118 Å². The van der Waals surface area contributed by atoms with Crippen LogP contribution in [0.25, 0.3) is 0 Å². The first-order chi connectivity index (χ1) is 9.06. The molecule has 6 heteroatoms. The van der Waals surface area contributed by atoms with Crippen LogP contribution in [0.15, 0.2) is 0 Å². The minimum Gasteiger partial charge on any atom is -0.481 e. The molecule has 1 aliphatic rings. The van der Waals surface area contributed by atoms with E-state index in [1.807, 2.05) is 6.92 Å². The summed E-state index contributed by atoms with van der Waals surface area (Å²) in [4.78, 5) is 22.6. The summed E-state index contributed by atoms with van der Waals surface area (Å²) in [5.74, 6) is -0.883. The molecule has 110 valence electrons. The highest BCUT2D eigenvalue weighted by Crippen LogP contribution is 2.27. The predicted molar refractivity (Wildman–Crippen MR) is 77.6 cm³/mol. The van der Waals surface area contributed by atoms with Gasteiger partial charge in [0.25, 0.3) is 0 Å². The van der Waals surface area contributed by atoms with Gasteiger partial charge in [-0.2, -0.15) is 11.8 Å². The molecule has 19 heavy (non-hydrogen) atoms. The number of hydrogen-bond acceptors (Lipinski definition) is 3. The van der Waals surface area contributed by atoms with Gasteiger partial charge in [0.15, 0.2) is 0 Å². The fraction of sp³-hybridized carbons (Fsp3) is 0.846. The van der Waals surface area contributed by atoms with E-state index in [0.717, 1.165) is 19.3 Å². The first-order valence-electron chi connectivity index (χ1n) is 6.88. The van der Waals surface area contributed by atoms with E-state index in [0.29, 0.717) is 11.7 Å². The molecule has 0 bridgehead atoms. The number of rotatable bonds is 6. The van der Waals surface area contributed by atoms with Gasteiger partial charge in [-0.3, -0.25) is 4.79 Å². The van der Waals surface area contributed by atoms with E-state index in [1.165, 1.54) is 6.42 Å². The quantitative estimate of drug-likeness (QED) is 0.700. The third kappa shape index (κ3) is 5.72. The first-order valence-corrected chi connectivity index (χ1v) is 8.17. The van der Waals surface area contributed by atoms with E-state index < -0.39 is 5.97 Å². The Balaban J connectivity index is 2.42. The third-order valence-corrected chi connectivity index (χ3v) is 4.74. The zero-order valence-electron chi connectivity index (χ0n) is 11.6. The average Bonchev–Trinajstić information content (AvgIpc) is 2.38. The van der Waals surface area contributed by atoms with Crippen LogP contribution in [0.5, 0.6) is 0 Å². The lowest BCUT2D eigenvalue weighted by molar-refractivity contribution is -0.137. The highest BCUT2D eigenvalue weighted by molar-refractivity contribution is 7.99. The van der Waals surface area contributed by atoms with Crippen LogP contribution in [0.4, 0.5) is 4.79 Å². The van der Waals surface area contributed by atoms with Gasteiger partial charge in [0, 0.05) is 17.3 Å². The average molecular weight is 288 g/mol. The topological polar surface area (TPSA) is 78.4 Å². The Bertz CT molecular complexity index is 312. The molecule has 1 rings (SSSR count). The number of thioether (sulfide) groups is 1. The maximum atomic E-state index is 11.9. The molecule has 1 fully saturated rings. The summed E-state index contributed by atoms with van der Waals surface area (Å²) in [6, 6.07) is -0.334. The van der Waals surface area contributed by atoms with E-state index in [4.69, 9.17) is 5.11 Å². The number of carbonyl (C=O) groups is 2. The summed E-state index contributed by atoms with van der Waals surface area (Å²) in [6.07, 6.45) is 7.18. The minimum absolute atomic E-state index is 0.0272. The summed E-state index contributed by atoms with van der Waals surface area (Å²) < 4.78 is 0. The Kier molecular flexibility index (Phi) is 7.05. The van der Waals surface area contributed by atoms with Crippen LogP contribution in [-0.2, 0) is 4.79 Å². The number of aliphatic carboxylic acids is 1. The monoisotopic (exact) mass is 288 g/mol. The van der Waals surface area contributed by atoms with Crippen LogP contribution in [0, 0.1) is 0 Å². The van der Waals surface area contributed by atoms with Gasteiger partial charge in [0.1, 0.15) is 0 Å². The van der Waals surface area contributed by atoms with E-state index >= 15 is 0 Å². The third-order valence-electron chi connectivity index (χ3n) is 3.57. The number of urea groups is 1. The summed E-state index contributed by atoms with van der Waals surface area (Å²) in [5, 5.41) is 15.0. The molecule has 0 aromatic heterocycles. The van der Waals surface area contributed by atoms with Crippen LogP contribution >= 0.6 is 11.8 Å². The van der Waals surface area contributed by atoms with Gasteiger partial charge in [-0.25, -0.2) is 4.79 Å². The molecule has 0 aromatic rings. The molecule has 0 aromatic carbocycles. The molecule has 0 saturated heterocycles. The molecule has 5 nitrogen and oxygen atoms in total. The molecular formula is C13H24N2O3S. The molecular weight excluding hydrogens is 264 g/mol. The molecule has 0 aliphatic heterocycles. The van der Waals surface area contributed by atoms with E-state index in [-0.39, 0.29) is 24.5 Å². The summed E-state index contributed by atoms with van der Waals surface area (Å²) in [6.45, 7) is 1.87. The summed E-state index contributed by atoms with van der Waals surface area (Å²) >= 11 is 1.79. The zero-order valence-corrected chi connectivity index (χ0v) is 12.5. The van der Waals surface area contributed by atoms with Crippen LogP contribution in [0.3, 0.4) is 0 Å². The van der Waals surface area contributed by atoms with Crippen molar-refractivity contribution >= 4 is 23.8 Å². The number of carboxylic acid groups (broad SMARTS) is 1. The van der Waals surface area contributed by atoms with Crippen LogP contribution in [0.2, 0.25) is 0 Å². The van der Waals surface area contributed by atoms with E-state index in [9.17, 15) is 9.59 Å². The lowest BCUT2D eigenvalue weighted by Gasteiger charge is -2.31. The van der Waals surface area contributed by atoms with Crippen LogP contribution in [-0.4, -0.2) is 40.7 Å². The van der Waals surface area contributed by atoms with Crippen molar-refractivity contribution in [2.75, 3.05) is 6.26 Å². The molecule has 3 atom stereocenters. The second-order valence-electron chi connectivity index (χ2n) is 4.99. The Morgan fingerprint density at radius 3 is 2.63 bits per heavy atom. The lowest BCUT2D eigenvalue weighted by Crippen LogP contribution is -2.50. The largest absolute Gasteiger partial charge is 0.481 e. The molecule has 1 saturated carbocycles. The van der Waals surface area contributed by atoms with Gasteiger partial charge < -0.3 is 15.7 Å². The number of nitrogens with one attached hydrogen (secondary N) is 2. The second-order valence-corrected chi connectivity index (χ2v) is 6.06. The molecule has 0 radical (unpaired) electrons. The van der Waals surface area contributed by atoms with Crippen molar-refractivity contribution in [3.05, 3.63) is 0 Å². The zero-order chi connectivity index (χ0) is 14.3. The SMILES string of the molecule is CCC(CC(=O)O)NC(=O)NC1CCCCC1SC. The van der Waals surface area contributed by atoms with E-state index in [2.05, 4.69) is 16.9 Å². The summed E-state index contributed by atoms with van der Waals surface area (Å²) in [5.41, 5.74) is 0. The van der Waals surface area contributed by atoms with Gasteiger partial charge in [0.05, 0.1) is 6.42 Å². The number of carboxylic acids is 1. The van der Waals surface area contributed by atoms with Crippen molar-refractivity contribution in [2.24, 2.45) is 0 Å². The van der Waals surface area contributed by atoms with Gasteiger partial charge in [-0.05, 0) is 25.5 Å². The molecule has 1 aliphatic carbocycles. The normalized spacial score (nSPS) is 24.5. The predicted octanol–water partition coefficient (Wildman–Crippen LogP) is 2.21. The van der Waals surface area contributed by atoms with Crippen molar-refractivity contribution in [3.8, 4) is 0 Å². The number of carbonyl (C=O) groups excluding carboxylic acids is 1. The van der Waals surface area contributed by atoms with Crippen molar-refractivity contribution in [1.29, 1.82) is 0 Å². The fourth-order valence-corrected chi connectivity index (χ4v) is 3.38. The molecule has 3 unspecified atom stereocenters. The van der Waals surface area contributed by atoms with Gasteiger partial charge >= 0.3 is 12.0 Å². The molecule has 2 amide bonds. The van der Waals surface area contributed by atoms with Crippen molar-refractivity contribution in [1.82, 2.24) is 10.6 Å².